The first-order chi connectivity index (χ1) is 31.5. The van der Waals surface area contributed by atoms with Crippen molar-refractivity contribution < 1.29 is 50.4 Å². The maximum absolute atomic E-state index is 12.8. The van der Waals surface area contributed by atoms with Crippen LogP contribution < -0.4 is 31.4 Å². The van der Waals surface area contributed by atoms with Gasteiger partial charge in [-0.25, -0.2) is 0 Å². The average molecular weight is 942 g/mol. The molecular weight excluding hydrogens is 895 g/mol. The number of azo groups is 3. The molecule has 10 N–H and O–H groups in total. The van der Waals surface area contributed by atoms with Crippen molar-refractivity contribution in [3.63, 3.8) is 0 Å². The van der Waals surface area contributed by atoms with Crippen LogP contribution in [0.2, 0.25) is 0 Å². The fraction of sp³-hybridized carbons (Fsp3) is 0.227. The number of phenolic OH excluding ortho intramolecular Hbond substituents is 1. The normalized spacial score (nSPS) is 12.2. The number of anilines is 3. The first-order valence-corrected chi connectivity index (χ1v) is 23.3. The van der Waals surface area contributed by atoms with Crippen molar-refractivity contribution in [3.8, 4) is 34.1 Å². The monoisotopic (exact) mass is 941 g/mol. The van der Waals surface area contributed by atoms with Crippen LogP contribution >= 0.6 is 0 Å². The number of hydrogen-bond acceptors (Lipinski definition) is 18. The molecule has 0 amide bonds. The Balaban J connectivity index is 1.43. The second-order valence-corrected chi connectivity index (χ2v) is 17.3. The lowest BCUT2D eigenvalue weighted by Crippen LogP contribution is -2.04. The highest BCUT2D eigenvalue weighted by Crippen LogP contribution is 2.49. The Morgan fingerprint density at radius 1 is 0.561 bits per heavy atom. The smallest absolute Gasteiger partial charge is 0.296 e. The van der Waals surface area contributed by atoms with E-state index in [9.17, 15) is 36.2 Å². The average Bonchev–Trinajstić information content (AvgIpc) is 3.27. The molecule has 0 fully saturated rings. The highest BCUT2D eigenvalue weighted by atomic mass is 32.2. The Morgan fingerprint density at radius 2 is 1.08 bits per heavy atom. The van der Waals surface area contributed by atoms with E-state index in [1.807, 2.05) is 13.8 Å². The molecule has 6 rings (SSSR count). The van der Waals surface area contributed by atoms with Crippen molar-refractivity contribution in [1.82, 2.24) is 0 Å². The Kier molecular flexibility index (Phi) is 15.5. The zero-order valence-electron chi connectivity index (χ0n) is 35.7. The zero-order chi connectivity index (χ0) is 47.6. The van der Waals surface area contributed by atoms with E-state index in [0.29, 0.717) is 35.6 Å². The molecule has 0 aliphatic rings. The Labute approximate surface area is 380 Å². The summed E-state index contributed by atoms with van der Waals surface area (Å²) in [5.41, 5.74) is 19.7. The van der Waals surface area contributed by atoms with Crippen LogP contribution in [0.4, 0.5) is 51.2 Å². The highest BCUT2D eigenvalue weighted by Gasteiger charge is 2.28. The van der Waals surface area contributed by atoms with Crippen molar-refractivity contribution in [2.45, 2.75) is 49.3 Å². The van der Waals surface area contributed by atoms with Crippen LogP contribution in [-0.2, 0) is 20.2 Å². The van der Waals surface area contributed by atoms with E-state index in [-0.39, 0.29) is 70.5 Å². The minimum absolute atomic E-state index is 0.0201. The van der Waals surface area contributed by atoms with Crippen LogP contribution in [0.25, 0.3) is 21.9 Å². The van der Waals surface area contributed by atoms with Crippen LogP contribution in [0, 0.1) is 0 Å². The first-order valence-electron chi connectivity index (χ1n) is 20.4. The third-order valence-electron chi connectivity index (χ3n) is 9.69. The van der Waals surface area contributed by atoms with Crippen molar-refractivity contribution in [3.05, 3.63) is 91.0 Å². The molecule has 0 saturated carbocycles. The number of benzene rings is 6. The lowest BCUT2D eigenvalue weighted by Gasteiger charge is -2.15. The third-order valence-corrected chi connectivity index (χ3v) is 11.4. The summed E-state index contributed by atoms with van der Waals surface area (Å²) in [6.45, 7) is 4.47. The van der Waals surface area contributed by atoms with Gasteiger partial charge in [-0.1, -0.05) is 57.0 Å². The van der Waals surface area contributed by atoms with E-state index in [2.05, 4.69) is 30.7 Å². The fourth-order valence-corrected chi connectivity index (χ4v) is 7.65. The van der Waals surface area contributed by atoms with E-state index in [0.717, 1.165) is 31.4 Å². The summed E-state index contributed by atoms with van der Waals surface area (Å²) in [6.07, 6.45) is 3.10. The maximum Gasteiger partial charge on any atom is 0.296 e. The molecule has 0 saturated heterocycles. The summed E-state index contributed by atoms with van der Waals surface area (Å²) >= 11 is 0. The number of aromatic hydroxyl groups is 1. The molecule has 0 heterocycles. The first kappa shape index (κ1) is 48.2. The van der Waals surface area contributed by atoms with Gasteiger partial charge in [0.2, 0.25) is 0 Å². The van der Waals surface area contributed by atoms with Crippen LogP contribution in [0.15, 0.2) is 131 Å². The van der Waals surface area contributed by atoms with Gasteiger partial charge < -0.3 is 41.6 Å². The molecule has 0 radical (unpaired) electrons. The largest absolute Gasteiger partial charge is 0.505 e. The number of nitrogens with two attached hydrogens (primary N) is 3. The standard InChI is InChI=1S/C44H47N9O11S2/c1-3-5-17-62-36-20-26(12-14-32(36)49-51-34-25-35(64-19-16-54)31(46)24-30(34)45)27-13-15-33(37(21-27)63-18-6-4-2)50-52-42-38(65(56,57)58)22-28-23-39(66(59,60)61)43(44(55)40(28)41(42)47)53-48-29-10-8-7-9-11-29/h7-15,20-25,54-55H,3-6,16-19,45-47H2,1-2H3,(H,56,57,58)(H,59,60,61). The lowest BCUT2D eigenvalue weighted by molar-refractivity contribution is 0.202. The van der Waals surface area contributed by atoms with Gasteiger partial charge >= 0.3 is 0 Å². The second kappa shape index (κ2) is 21.2. The van der Waals surface area contributed by atoms with E-state index < -0.39 is 52.8 Å². The summed E-state index contributed by atoms with van der Waals surface area (Å²) in [6, 6.07) is 23.0. The molecule has 346 valence electrons. The minimum Gasteiger partial charge on any atom is -0.505 e. The molecule has 6 aromatic rings. The predicted molar refractivity (Wildman–Crippen MR) is 249 cm³/mol. The van der Waals surface area contributed by atoms with Crippen LogP contribution in [-0.4, -0.2) is 62.6 Å². The van der Waals surface area contributed by atoms with Crippen molar-refractivity contribution >= 4 is 82.2 Å². The van der Waals surface area contributed by atoms with Crippen molar-refractivity contribution in [2.75, 3.05) is 43.6 Å². The molecule has 0 aromatic heterocycles. The fourth-order valence-electron chi connectivity index (χ4n) is 6.33. The predicted octanol–water partition coefficient (Wildman–Crippen LogP) is 10.4. The van der Waals surface area contributed by atoms with Gasteiger partial charge in [-0.15, -0.1) is 25.6 Å². The molecule has 6 aromatic carbocycles. The molecular formula is C44H47N9O11S2. The number of ether oxygens (including phenoxy) is 3. The summed E-state index contributed by atoms with van der Waals surface area (Å²) in [4.78, 5) is -1.80. The van der Waals surface area contributed by atoms with Gasteiger partial charge in [0, 0.05) is 6.07 Å². The lowest BCUT2D eigenvalue weighted by atomic mass is 10.0. The number of rotatable bonds is 20. The van der Waals surface area contributed by atoms with Gasteiger partial charge in [0.1, 0.15) is 62.1 Å². The molecule has 22 heteroatoms. The minimum atomic E-state index is -5.14. The van der Waals surface area contributed by atoms with Gasteiger partial charge in [-0.3, -0.25) is 9.11 Å². The van der Waals surface area contributed by atoms with Crippen LogP contribution in [0.1, 0.15) is 39.5 Å². The van der Waals surface area contributed by atoms with Gasteiger partial charge in [-0.2, -0.15) is 21.9 Å². The molecule has 20 nitrogen and oxygen atoms in total. The number of hydrogen-bond donors (Lipinski definition) is 7. The van der Waals surface area contributed by atoms with E-state index >= 15 is 0 Å². The molecule has 0 unspecified atom stereocenters. The quantitative estimate of drug-likeness (QED) is 0.0162. The van der Waals surface area contributed by atoms with Gasteiger partial charge in [0.15, 0.2) is 5.75 Å². The maximum atomic E-state index is 12.8. The van der Waals surface area contributed by atoms with E-state index in [1.54, 1.807) is 66.7 Å². The van der Waals surface area contributed by atoms with Gasteiger partial charge in [0.05, 0.1) is 48.0 Å². The third kappa shape index (κ3) is 11.5. The van der Waals surface area contributed by atoms with Gasteiger partial charge in [0.25, 0.3) is 20.2 Å². The molecule has 0 atom stereocenters. The number of unbranched alkanes of at least 4 members (excludes halogenated alkanes) is 2. The summed E-state index contributed by atoms with van der Waals surface area (Å²) < 4.78 is 88.7. The second-order valence-electron chi connectivity index (χ2n) is 14.5. The molecule has 0 bridgehead atoms. The molecule has 0 aliphatic carbocycles. The number of phenols is 1. The highest BCUT2D eigenvalue weighted by molar-refractivity contribution is 7.86. The number of nitrogens with zero attached hydrogens (tertiary/aromatic N) is 6. The molecule has 0 spiro atoms. The Morgan fingerprint density at radius 3 is 1.62 bits per heavy atom. The van der Waals surface area contributed by atoms with E-state index in [4.69, 9.17) is 31.4 Å². The zero-order valence-corrected chi connectivity index (χ0v) is 37.3. The number of aliphatic hydroxyl groups is 1. The summed E-state index contributed by atoms with van der Waals surface area (Å²) in [5.74, 6) is 0.0433. The summed E-state index contributed by atoms with van der Waals surface area (Å²) in [7, 11) is -10.2. The summed E-state index contributed by atoms with van der Waals surface area (Å²) in [5, 5.41) is 45.0. The number of aliphatic hydroxyl groups excluding tert-OH is 1. The van der Waals surface area contributed by atoms with Crippen molar-refractivity contribution in [2.24, 2.45) is 30.7 Å². The Hall–Kier alpha value is -7.24. The molecule has 66 heavy (non-hydrogen) atoms. The van der Waals surface area contributed by atoms with Crippen molar-refractivity contribution in [1.29, 1.82) is 0 Å². The number of fused-ring (bicyclic) bond motifs is 1. The molecule has 0 aliphatic heterocycles. The SMILES string of the molecule is CCCCOc1cc(-c2ccc(N=Nc3c(S(=O)(=O)O)cc4cc(S(=O)(=O)O)c(N=Nc5ccccc5)c(O)c4c3N)c(OCCCC)c2)ccc1N=Nc1cc(OCCO)c(N)cc1N. The number of nitrogen functional groups attached to an aromatic ring is 3. The Bertz CT molecular complexity index is 3060. The van der Waals surface area contributed by atoms with Crippen LogP contribution in [0.3, 0.4) is 0 Å². The van der Waals surface area contributed by atoms with E-state index in [1.165, 1.54) is 12.1 Å². The van der Waals surface area contributed by atoms with Gasteiger partial charge in [-0.05, 0) is 84.0 Å². The topological polar surface area (TPSA) is 329 Å². The van der Waals surface area contributed by atoms with Crippen LogP contribution in [0.5, 0.6) is 23.0 Å².